The van der Waals surface area contributed by atoms with Gasteiger partial charge >= 0.3 is 0 Å². The zero-order valence-corrected chi connectivity index (χ0v) is 15.6. The molecule has 3 rings (SSSR count). The van der Waals surface area contributed by atoms with E-state index in [4.69, 9.17) is 4.74 Å². The molecule has 1 fully saturated rings. The summed E-state index contributed by atoms with van der Waals surface area (Å²) in [5.74, 6) is -0.532. The Bertz CT molecular complexity index is 775. The van der Waals surface area contributed by atoms with Crippen LogP contribution in [0.15, 0.2) is 54.6 Å². The number of carbonyl (C=O) groups excluding carboxylic acids is 2. The van der Waals surface area contributed by atoms with Crippen LogP contribution in [0, 0.1) is 5.82 Å². The second kappa shape index (κ2) is 9.96. The number of amides is 2. The van der Waals surface area contributed by atoms with Crippen molar-refractivity contribution >= 4 is 17.5 Å². The van der Waals surface area contributed by atoms with Crippen LogP contribution in [-0.2, 0) is 20.9 Å². The van der Waals surface area contributed by atoms with E-state index in [0.29, 0.717) is 38.5 Å². The van der Waals surface area contributed by atoms with Gasteiger partial charge in [0.05, 0.1) is 13.2 Å². The fraction of sp³-hybridized carbons (Fsp3) is 0.333. The molecule has 148 valence electrons. The van der Waals surface area contributed by atoms with E-state index in [1.165, 1.54) is 24.3 Å². The Morgan fingerprint density at radius 1 is 0.964 bits per heavy atom. The monoisotopic (exact) mass is 385 g/mol. The smallest absolute Gasteiger partial charge is 0.248 e. The predicted molar refractivity (Wildman–Crippen MR) is 104 cm³/mol. The number of hydrogen-bond donors (Lipinski definition) is 1. The van der Waals surface area contributed by atoms with Gasteiger partial charge in [0.1, 0.15) is 12.4 Å². The first-order chi connectivity index (χ1) is 13.6. The Morgan fingerprint density at radius 3 is 2.32 bits per heavy atom. The molecule has 28 heavy (non-hydrogen) atoms. The van der Waals surface area contributed by atoms with Gasteiger partial charge in [-0.3, -0.25) is 14.5 Å². The van der Waals surface area contributed by atoms with E-state index in [2.05, 4.69) is 5.32 Å². The number of hydrogen-bond acceptors (Lipinski definition) is 4. The van der Waals surface area contributed by atoms with Gasteiger partial charge in [-0.05, 0) is 29.8 Å². The van der Waals surface area contributed by atoms with E-state index in [-0.39, 0.29) is 30.8 Å². The molecule has 0 radical (unpaired) electrons. The largest absolute Gasteiger partial charge is 0.367 e. The van der Waals surface area contributed by atoms with Gasteiger partial charge in [0.25, 0.3) is 0 Å². The highest BCUT2D eigenvalue weighted by molar-refractivity contribution is 5.92. The van der Waals surface area contributed by atoms with Crippen molar-refractivity contribution in [3.05, 3.63) is 66.0 Å². The summed E-state index contributed by atoms with van der Waals surface area (Å²) < 4.78 is 18.4. The summed E-state index contributed by atoms with van der Waals surface area (Å²) >= 11 is 0. The molecule has 7 heteroatoms. The van der Waals surface area contributed by atoms with Crippen LogP contribution >= 0.6 is 0 Å². The lowest BCUT2D eigenvalue weighted by Gasteiger charge is -2.34. The number of rotatable bonds is 7. The summed E-state index contributed by atoms with van der Waals surface area (Å²) in [6, 6.07) is 15.4. The quantitative estimate of drug-likeness (QED) is 0.793. The van der Waals surface area contributed by atoms with Gasteiger partial charge in [0.15, 0.2) is 0 Å². The van der Waals surface area contributed by atoms with Gasteiger partial charge in [0.2, 0.25) is 11.8 Å². The van der Waals surface area contributed by atoms with Crippen molar-refractivity contribution in [2.75, 3.05) is 44.6 Å². The summed E-state index contributed by atoms with van der Waals surface area (Å²) in [6.45, 7) is 3.09. The second-order valence-electron chi connectivity index (χ2n) is 6.69. The molecule has 0 bridgehead atoms. The first-order valence-electron chi connectivity index (χ1n) is 9.27. The normalized spacial score (nSPS) is 14.7. The third kappa shape index (κ3) is 6.14. The summed E-state index contributed by atoms with van der Waals surface area (Å²) in [5.41, 5.74) is 1.60. The molecule has 1 heterocycles. The lowest BCUT2D eigenvalue weighted by Crippen LogP contribution is -2.51. The minimum Gasteiger partial charge on any atom is -0.367 e. The van der Waals surface area contributed by atoms with Gasteiger partial charge in [-0.1, -0.05) is 30.3 Å². The van der Waals surface area contributed by atoms with E-state index in [1.807, 2.05) is 35.2 Å². The molecule has 2 amide bonds. The maximum atomic E-state index is 12.9. The van der Waals surface area contributed by atoms with Crippen LogP contribution < -0.4 is 5.32 Å². The van der Waals surface area contributed by atoms with Crippen LogP contribution in [0.1, 0.15) is 5.56 Å². The highest BCUT2D eigenvalue weighted by Crippen LogP contribution is 2.09. The molecule has 2 aromatic rings. The van der Waals surface area contributed by atoms with Gasteiger partial charge < -0.3 is 15.0 Å². The minimum atomic E-state index is -0.341. The summed E-state index contributed by atoms with van der Waals surface area (Å²) in [6.07, 6.45) is 0. The number of piperazine rings is 1. The molecule has 1 aliphatic rings. The summed E-state index contributed by atoms with van der Waals surface area (Å²) in [5, 5.41) is 2.75. The molecule has 2 aromatic carbocycles. The number of anilines is 1. The Kier molecular flexibility index (Phi) is 7.11. The van der Waals surface area contributed by atoms with Crippen molar-refractivity contribution in [2.45, 2.75) is 6.61 Å². The molecule has 1 aliphatic heterocycles. The third-order valence-corrected chi connectivity index (χ3v) is 4.56. The predicted octanol–water partition coefficient (Wildman–Crippen LogP) is 2.13. The van der Waals surface area contributed by atoms with E-state index < -0.39 is 0 Å². The van der Waals surface area contributed by atoms with Gasteiger partial charge in [-0.15, -0.1) is 0 Å². The van der Waals surface area contributed by atoms with Crippen LogP contribution in [0.5, 0.6) is 0 Å². The number of nitrogens with zero attached hydrogens (tertiary/aromatic N) is 2. The highest BCUT2D eigenvalue weighted by atomic mass is 19.1. The van der Waals surface area contributed by atoms with Crippen molar-refractivity contribution in [3.63, 3.8) is 0 Å². The van der Waals surface area contributed by atoms with E-state index >= 15 is 0 Å². The molecule has 6 nitrogen and oxygen atoms in total. The topological polar surface area (TPSA) is 61.9 Å². The van der Waals surface area contributed by atoms with Crippen LogP contribution in [0.3, 0.4) is 0 Å². The Hall–Kier alpha value is -2.77. The van der Waals surface area contributed by atoms with Crippen LogP contribution in [0.4, 0.5) is 10.1 Å². The average molecular weight is 385 g/mol. The average Bonchev–Trinajstić information content (AvgIpc) is 2.71. The lowest BCUT2D eigenvalue weighted by atomic mass is 10.2. The van der Waals surface area contributed by atoms with Crippen molar-refractivity contribution in [1.29, 1.82) is 0 Å². The van der Waals surface area contributed by atoms with E-state index in [0.717, 1.165) is 5.56 Å². The van der Waals surface area contributed by atoms with Crippen molar-refractivity contribution in [1.82, 2.24) is 9.80 Å². The number of carbonyl (C=O) groups is 2. The van der Waals surface area contributed by atoms with Crippen molar-refractivity contribution in [3.8, 4) is 0 Å². The molecular weight excluding hydrogens is 361 g/mol. The Balaban J connectivity index is 1.34. The Morgan fingerprint density at radius 2 is 1.64 bits per heavy atom. The molecular formula is C21H24FN3O3. The number of nitrogens with one attached hydrogen (secondary N) is 1. The highest BCUT2D eigenvalue weighted by Gasteiger charge is 2.22. The minimum absolute atomic E-state index is 0.0358. The molecule has 0 spiro atoms. The molecule has 0 aliphatic carbocycles. The fourth-order valence-electron chi connectivity index (χ4n) is 3.01. The van der Waals surface area contributed by atoms with Gasteiger partial charge in [0, 0.05) is 31.9 Å². The first kappa shape index (κ1) is 20.0. The van der Waals surface area contributed by atoms with E-state index in [1.54, 1.807) is 4.90 Å². The molecule has 1 N–H and O–H groups in total. The number of halogens is 1. The third-order valence-electron chi connectivity index (χ3n) is 4.56. The molecule has 0 atom stereocenters. The van der Waals surface area contributed by atoms with Crippen molar-refractivity contribution < 1.29 is 18.7 Å². The molecule has 0 unspecified atom stereocenters. The Labute approximate surface area is 163 Å². The maximum absolute atomic E-state index is 12.9. The SMILES string of the molecule is O=C(CN1CCN(C(=O)COCc2ccccc2)CC1)Nc1ccc(F)cc1. The number of benzene rings is 2. The molecule has 0 saturated carbocycles. The van der Waals surface area contributed by atoms with Gasteiger partial charge in [-0.25, -0.2) is 4.39 Å². The standard InChI is InChI=1S/C21H24FN3O3/c22-18-6-8-19(9-7-18)23-20(26)14-24-10-12-25(13-11-24)21(27)16-28-15-17-4-2-1-3-5-17/h1-9H,10-16H2,(H,23,26). The zero-order chi connectivity index (χ0) is 19.8. The van der Waals surface area contributed by atoms with Gasteiger partial charge in [-0.2, -0.15) is 0 Å². The van der Waals surface area contributed by atoms with E-state index in [9.17, 15) is 14.0 Å². The van der Waals surface area contributed by atoms with Crippen LogP contribution in [-0.4, -0.2) is 60.9 Å². The summed E-state index contributed by atoms with van der Waals surface area (Å²) in [4.78, 5) is 28.1. The summed E-state index contributed by atoms with van der Waals surface area (Å²) in [7, 11) is 0. The zero-order valence-electron chi connectivity index (χ0n) is 15.6. The molecule has 0 aromatic heterocycles. The molecule has 1 saturated heterocycles. The second-order valence-corrected chi connectivity index (χ2v) is 6.69. The van der Waals surface area contributed by atoms with Crippen molar-refractivity contribution in [2.24, 2.45) is 0 Å². The van der Waals surface area contributed by atoms with Crippen LogP contribution in [0.25, 0.3) is 0 Å². The number of ether oxygens (including phenoxy) is 1. The first-order valence-corrected chi connectivity index (χ1v) is 9.27. The van der Waals surface area contributed by atoms with Crippen LogP contribution in [0.2, 0.25) is 0 Å². The lowest BCUT2D eigenvalue weighted by molar-refractivity contribution is -0.138. The fourth-order valence-corrected chi connectivity index (χ4v) is 3.01. The maximum Gasteiger partial charge on any atom is 0.248 e.